The predicted octanol–water partition coefficient (Wildman–Crippen LogP) is 2.05. The third-order valence-electron chi connectivity index (χ3n) is 4.71. The van der Waals surface area contributed by atoms with Crippen LogP contribution in [0.1, 0.15) is 45.4 Å². The van der Waals surface area contributed by atoms with Crippen LogP contribution < -0.4 is 0 Å². The number of rotatable bonds is 4. The number of hydrogen-bond acceptors (Lipinski definition) is 3. The molecule has 0 aromatic heterocycles. The zero-order valence-corrected chi connectivity index (χ0v) is 12.2. The molecule has 0 bridgehead atoms. The van der Waals surface area contributed by atoms with Crippen LogP contribution in [0.2, 0.25) is 0 Å². The zero-order chi connectivity index (χ0) is 13.7. The third-order valence-corrected chi connectivity index (χ3v) is 4.71. The molecule has 0 aromatic carbocycles. The molecule has 110 valence electrons. The van der Waals surface area contributed by atoms with Gasteiger partial charge in [-0.2, -0.15) is 0 Å². The number of piperazine rings is 1. The van der Waals surface area contributed by atoms with Gasteiger partial charge < -0.3 is 10.0 Å². The second kappa shape index (κ2) is 7.25. The Hall–Kier alpha value is -0.610. The van der Waals surface area contributed by atoms with Crippen LogP contribution in [0.3, 0.4) is 0 Å². The average Bonchev–Trinajstić information content (AvgIpc) is 2.65. The van der Waals surface area contributed by atoms with E-state index in [1.807, 2.05) is 0 Å². The van der Waals surface area contributed by atoms with Gasteiger partial charge in [0.25, 0.3) is 0 Å². The van der Waals surface area contributed by atoms with Gasteiger partial charge in [0.1, 0.15) is 0 Å². The maximum absolute atomic E-state index is 11.5. The van der Waals surface area contributed by atoms with E-state index in [1.54, 1.807) is 0 Å². The molecular weight excluding hydrogens is 240 g/mol. The molecule has 2 fully saturated rings. The third kappa shape index (κ3) is 3.93. The van der Waals surface area contributed by atoms with Crippen LogP contribution in [0.5, 0.6) is 0 Å². The first kappa shape index (κ1) is 14.8. The number of aliphatic carboxylic acids is 1. The van der Waals surface area contributed by atoms with E-state index in [9.17, 15) is 9.90 Å². The van der Waals surface area contributed by atoms with E-state index in [0.29, 0.717) is 0 Å². The van der Waals surface area contributed by atoms with E-state index in [-0.39, 0.29) is 12.0 Å². The van der Waals surface area contributed by atoms with Crippen molar-refractivity contribution in [3.63, 3.8) is 0 Å². The van der Waals surface area contributed by atoms with Crippen molar-refractivity contribution in [2.24, 2.45) is 5.92 Å². The lowest BCUT2D eigenvalue weighted by Gasteiger charge is -2.41. The molecule has 19 heavy (non-hydrogen) atoms. The molecule has 2 aliphatic rings. The fraction of sp³-hybridized carbons (Fsp3) is 0.933. The summed E-state index contributed by atoms with van der Waals surface area (Å²) in [7, 11) is 0. The number of carboxylic acids is 1. The van der Waals surface area contributed by atoms with E-state index in [0.717, 1.165) is 45.4 Å². The standard InChI is InChI=1S/C15H28N2O2/c1-2-8-16-9-11-17(12-10-16)14-7-5-3-4-6-13(14)15(18)19/h13-14H,2-12H2,1H3,(H,18,19). The Bertz CT molecular complexity index is 288. The molecule has 1 saturated heterocycles. The van der Waals surface area contributed by atoms with Gasteiger partial charge in [-0.05, 0) is 25.8 Å². The van der Waals surface area contributed by atoms with Crippen LogP contribution in [-0.2, 0) is 4.79 Å². The molecule has 4 heteroatoms. The highest BCUT2D eigenvalue weighted by atomic mass is 16.4. The smallest absolute Gasteiger partial charge is 0.308 e. The second-order valence-corrected chi connectivity index (χ2v) is 6.03. The minimum atomic E-state index is -0.581. The number of carbonyl (C=O) groups is 1. The Labute approximate surface area is 116 Å². The van der Waals surface area contributed by atoms with Crippen molar-refractivity contribution in [2.45, 2.75) is 51.5 Å². The maximum atomic E-state index is 11.5. The van der Waals surface area contributed by atoms with Crippen LogP contribution in [0, 0.1) is 5.92 Å². The molecule has 0 amide bonds. The molecule has 1 N–H and O–H groups in total. The summed E-state index contributed by atoms with van der Waals surface area (Å²) in [6.45, 7) is 7.72. The highest BCUT2D eigenvalue weighted by Crippen LogP contribution is 2.28. The van der Waals surface area contributed by atoms with E-state index in [2.05, 4.69) is 16.7 Å². The molecule has 1 heterocycles. The second-order valence-electron chi connectivity index (χ2n) is 6.03. The van der Waals surface area contributed by atoms with Gasteiger partial charge >= 0.3 is 5.97 Å². The number of carboxylic acid groups (broad SMARTS) is 1. The van der Waals surface area contributed by atoms with Gasteiger partial charge in [0.05, 0.1) is 5.92 Å². The van der Waals surface area contributed by atoms with Crippen LogP contribution in [0.15, 0.2) is 0 Å². The topological polar surface area (TPSA) is 43.8 Å². The van der Waals surface area contributed by atoms with E-state index < -0.39 is 5.97 Å². The molecule has 0 radical (unpaired) electrons. The maximum Gasteiger partial charge on any atom is 0.308 e. The number of hydrogen-bond donors (Lipinski definition) is 1. The van der Waals surface area contributed by atoms with E-state index >= 15 is 0 Å². The van der Waals surface area contributed by atoms with Crippen LogP contribution >= 0.6 is 0 Å². The molecule has 0 spiro atoms. The van der Waals surface area contributed by atoms with Gasteiger partial charge in [-0.3, -0.25) is 9.69 Å². The van der Waals surface area contributed by atoms with Crippen molar-refractivity contribution in [2.75, 3.05) is 32.7 Å². The highest BCUT2D eigenvalue weighted by Gasteiger charge is 2.34. The Morgan fingerprint density at radius 3 is 2.42 bits per heavy atom. The van der Waals surface area contributed by atoms with Crippen molar-refractivity contribution in [3.8, 4) is 0 Å². The minimum absolute atomic E-state index is 0.139. The van der Waals surface area contributed by atoms with Crippen LogP contribution in [-0.4, -0.2) is 59.6 Å². The minimum Gasteiger partial charge on any atom is -0.481 e. The SMILES string of the molecule is CCCN1CCN(C2CCCCCC2C(=O)O)CC1. The average molecular weight is 268 g/mol. The van der Waals surface area contributed by atoms with Crippen molar-refractivity contribution in [1.82, 2.24) is 9.80 Å². The molecule has 4 nitrogen and oxygen atoms in total. The van der Waals surface area contributed by atoms with E-state index in [4.69, 9.17) is 0 Å². The zero-order valence-electron chi connectivity index (χ0n) is 12.2. The Kier molecular flexibility index (Phi) is 5.64. The van der Waals surface area contributed by atoms with Gasteiger partial charge in [-0.25, -0.2) is 0 Å². The molecule has 2 rings (SSSR count). The van der Waals surface area contributed by atoms with E-state index in [1.165, 1.54) is 25.8 Å². The molecule has 2 atom stereocenters. The fourth-order valence-corrected chi connectivity index (χ4v) is 3.65. The summed E-state index contributed by atoms with van der Waals surface area (Å²) in [5, 5.41) is 9.46. The highest BCUT2D eigenvalue weighted by molar-refractivity contribution is 5.70. The molecule has 1 aliphatic carbocycles. The summed E-state index contributed by atoms with van der Waals surface area (Å²) in [4.78, 5) is 16.4. The normalized spacial score (nSPS) is 31.0. The van der Waals surface area contributed by atoms with Crippen LogP contribution in [0.25, 0.3) is 0 Å². The first-order valence-corrected chi connectivity index (χ1v) is 7.91. The summed E-state index contributed by atoms with van der Waals surface area (Å²) in [5.41, 5.74) is 0. The van der Waals surface area contributed by atoms with Gasteiger partial charge in [-0.1, -0.05) is 26.2 Å². The lowest BCUT2D eigenvalue weighted by atomic mass is 9.93. The lowest BCUT2D eigenvalue weighted by molar-refractivity contribution is -0.145. The molecule has 0 aromatic rings. The summed E-state index contributed by atoms with van der Waals surface area (Å²) < 4.78 is 0. The summed E-state index contributed by atoms with van der Waals surface area (Å²) in [5.74, 6) is -0.719. The summed E-state index contributed by atoms with van der Waals surface area (Å²) in [6.07, 6.45) is 6.64. The summed E-state index contributed by atoms with van der Waals surface area (Å²) >= 11 is 0. The lowest BCUT2D eigenvalue weighted by Crippen LogP contribution is -2.53. The number of nitrogens with zero attached hydrogens (tertiary/aromatic N) is 2. The Morgan fingerprint density at radius 2 is 1.79 bits per heavy atom. The fourth-order valence-electron chi connectivity index (χ4n) is 3.65. The van der Waals surface area contributed by atoms with Gasteiger partial charge in [0.15, 0.2) is 0 Å². The van der Waals surface area contributed by atoms with Gasteiger partial charge in [0.2, 0.25) is 0 Å². The van der Waals surface area contributed by atoms with Crippen molar-refractivity contribution in [3.05, 3.63) is 0 Å². The monoisotopic (exact) mass is 268 g/mol. The molecule has 1 aliphatic heterocycles. The first-order valence-electron chi connectivity index (χ1n) is 7.91. The first-order chi connectivity index (χ1) is 9.22. The molecular formula is C15H28N2O2. The van der Waals surface area contributed by atoms with Gasteiger partial charge in [0, 0.05) is 32.2 Å². The quantitative estimate of drug-likeness (QED) is 0.793. The predicted molar refractivity (Wildman–Crippen MR) is 76.3 cm³/mol. The Balaban J connectivity index is 1.93. The van der Waals surface area contributed by atoms with Crippen LogP contribution in [0.4, 0.5) is 0 Å². The summed E-state index contributed by atoms with van der Waals surface area (Å²) in [6, 6.07) is 0.281. The van der Waals surface area contributed by atoms with Crippen molar-refractivity contribution in [1.29, 1.82) is 0 Å². The van der Waals surface area contributed by atoms with Crippen molar-refractivity contribution >= 4 is 5.97 Å². The largest absolute Gasteiger partial charge is 0.481 e. The van der Waals surface area contributed by atoms with Gasteiger partial charge in [-0.15, -0.1) is 0 Å². The molecule has 1 saturated carbocycles. The Morgan fingerprint density at radius 1 is 1.11 bits per heavy atom. The molecule has 2 unspecified atom stereocenters. The van der Waals surface area contributed by atoms with Crippen molar-refractivity contribution < 1.29 is 9.90 Å².